The average molecular weight is 377 g/mol. The van der Waals surface area contributed by atoms with Gasteiger partial charge >= 0.3 is 0 Å². The molecule has 0 radical (unpaired) electrons. The van der Waals surface area contributed by atoms with Crippen molar-refractivity contribution in [2.45, 2.75) is 6.42 Å². The van der Waals surface area contributed by atoms with Crippen molar-refractivity contribution < 1.29 is 0 Å². The first-order chi connectivity index (χ1) is 14.2. The molecule has 1 aliphatic rings. The van der Waals surface area contributed by atoms with Crippen LogP contribution in [0.3, 0.4) is 0 Å². The zero-order valence-electron chi connectivity index (χ0n) is 15.3. The van der Waals surface area contributed by atoms with Crippen molar-refractivity contribution in [3.05, 3.63) is 83.7 Å². The molecule has 3 aromatic rings. The summed E-state index contributed by atoms with van der Waals surface area (Å²) in [6, 6.07) is 17.2. The highest BCUT2D eigenvalue weighted by Crippen LogP contribution is 2.31. The second kappa shape index (κ2) is 8.03. The summed E-state index contributed by atoms with van der Waals surface area (Å²) in [5.74, 6) is 0.804. The molecular formula is C22H15N7. The number of nitrogens with one attached hydrogen (secondary N) is 2. The van der Waals surface area contributed by atoms with E-state index >= 15 is 0 Å². The summed E-state index contributed by atoms with van der Waals surface area (Å²) in [6.45, 7) is 0. The zero-order chi connectivity index (χ0) is 20.1. The summed E-state index contributed by atoms with van der Waals surface area (Å²) in [6.07, 6.45) is 7.68. The molecule has 138 valence electrons. The third-order valence-electron chi connectivity index (χ3n) is 4.40. The van der Waals surface area contributed by atoms with E-state index in [1.165, 1.54) is 18.0 Å². The third kappa shape index (κ3) is 4.10. The number of hydrogen-bond donors (Lipinski definition) is 2. The number of benzene rings is 2. The molecule has 2 N–H and O–H groups in total. The van der Waals surface area contributed by atoms with Crippen molar-refractivity contribution in [3.63, 3.8) is 0 Å². The van der Waals surface area contributed by atoms with E-state index in [-0.39, 0.29) is 0 Å². The van der Waals surface area contributed by atoms with Crippen molar-refractivity contribution in [1.29, 1.82) is 10.5 Å². The molecule has 7 heteroatoms. The van der Waals surface area contributed by atoms with Crippen LogP contribution in [0.5, 0.6) is 0 Å². The third-order valence-corrected chi connectivity index (χ3v) is 4.40. The number of nitrogens with zero attached hydrogens (tertiary/aromatic N) is 5. The maximum atomic E-state index is 8.88. The van der Waals surface area contributed by atoms with Gasteiger partial charge in [0.25, 0.3) is 0 Å². The molecule has 0 bridgehead atoms. The number of aromatic nitrogens is 3. The number of fused-ring (bicyclic) bond motifs is 1. The molecule has 0 atom stereocenters. The summed E-state index contributed by atoms with van der Waals surface area (Å²) in [5, 5.41) is 23.9. The molecule has 7 nitrogen and oxygen atoms in total. The highest BCUT2D eigenvalue weighted by molar-refractivity contribution is 5.82. The van der Waals surface area contributed by atoms with Crippen molar-refractivity contribution in [3.8, 4) is 12.1 Å². The average Bonchev–Trinajstić information content (AvgIpc) is 3.15. The second-order valence-electron chi connectivity index (χ2n) is 6.27. The van der Waals surface area contributed by atoms with E-state index in [9.17, 15) is 0 Å². The first kappa shape index (κ1) is 17.9. The Kier molecular flexibility index (Phi) is 4.96. The Morgan fingerprint density at radius 3 is 2.38 bits per heavy atom. The van der Waals surface area contributed by atoms with Crippen molar-refractivity contribution in [2.75, 3.05) is 10.6 Å². The lowest BCUT2D eigenvalue weighted by Crippen LogP contribution is -2.03. The van der Waals surface area contributed by atoms with Gasteiger partial charge in [-0.2, -0.15) is 15.5 Å². The van der Waals surface area contributed by atoms with Gasteiger partial charge in [0, 0.05) is 17.5 Å². The predicted molar refractivity (Wildman–Crippen MR) is 110 cm³/mol. The Balaban J connectivity index is 1.51. The van der Waals surface area contributed by atoms with Crippen molar-refractivity contribution in [2.24, 2.45) is 0 Å². The van der Waals surface area contributed by atoms with Crippen LogP contribution in [0.2, 0.25) is 0 Å². The van der Waals surface area contributed by atoms with Gasteiger partial charge in [-0.15, -0.1) is 0 Å². The maximum absolute atomic E-state index is 8.88. The van der Waals surface area contributed by atoms with E-state index in [1.54, 1.807) is 24.3 Å². The smallest absolute Gasteiger partial charge is 0.232 e. The van der Waals surface area contributed by atoms with Crippen LogP contribution in [0.25, 0.3) is 5.57 Å². The van der Waals surface area contributed by atoms with E-state index < -0.39 is 0 Å². The fraction of sp³-hybridized carbons (Fsp3) is 0.0455. The Morgan fingerprint density at radius 2 is 1.66 bits per heavy atom. The number of allylic oxidation sites excluding steroid dienone is 4. The van der Waals surface area contributed by atoms with Crippen LogP contribution in [0.4, 0.5) is 23.3 Å². The lowest BCUT2D eigenvalue weighted by Gasteiger charge is -2.10. The van der Waals surface area contributed by atoms with Crippen LogP contribution in [0.1, 0.15) is 16.7 Å². The van der Waals surface area contributed by atoms with Gasteiger partial charge in [0.2, 0.25) is 11.9 Å². The SMILES string of the molecule is N#C/C=C/C1=CCc2ccc(Nc3ncnc(Nc4ccc(C#N)cc4)n3)cc21. The molecule has 1 aromatic heterocycles. The highest BCUT2D eigenvalue weighted by Gasteiger charge is 2.13. The second-order valence-corrected chi connectivity index (χ2v) is 6.27. The van der Waals surface area contributed by atoms with E-state index in [4.69, 9.17) is 10.5 Å². The Morgan fingerprint density at radius 1 is 0.931 bits per heavy atom. The van der Waals surface area contributed by atoms with Crippen LogP contribution >= 0.6 is 0 Å². The lowest BCUT2D eigenvalue weighted by atomic mass is 10.0. The van der Waals surface area contributed by atoms with Gasteiger partial charge in [0.15, 0.2) is 0 Å². The molecule has 0 saturated carbocycles. The Labute approximate surface area is 167 Å². The number of anilines is 4. The molecule has 4 rings (SSSR count). The molecule has 0 fully saturated rings. The van der Waals surface area contributed by atoms with Crippen molar-refractivity contribution in [1.82, 2.24) is 15.0 Å². The van der Waals surface area contributed by atoms with Crippen LogP contribution in [-0.2, 0) is 6.42 Å². The first-order valence-corrected chi connectivity index (χ1v) is 8.88. The van der Waals surface area contributed by atoms with E-state index in [1.807, 2.05) is 24.3 Å². The number of hydrogen-bond acceptors (Lipinski definition) is 7. The number of rotatable bonds is 5. The van der Waals surface area contributed by atoms with Gasteiger partial charge in [-0.05, 0) is 65.6 Å². The summed E-state index contributed by atoms with van der Waals surface area (Å²) in [7, 11) is 0. The molecular weight excluding hydrogens is 362 g/mol. The minimum atomic E-state index is 0.394. The zero-order valence-corrected chi connectivity index (χ0v) is 15.3. The highest BCUT2D eigenvalue weighted by atomic mass is 15.2. The van der Waals surface area contributed by atoms with E-state index in [0.717, 1.165) is 28.9 Å². The van der Waals surface area contributed by atoms with Crippen LogP contribution < -0.4 is 10.6 Å². The summed E-state index contributed by atoms with van der Waals surface area (Å²) in [4.78, 5) is 12.7. The molecule has 0 unspecified atom stereocenters. The topological polar surface area (TPSA) is 110 Å². The normalized spacial score (nSPS) is 12.0. The van der Waals surface area contributed by atoms with Gasteiger partial charge in [-0.25, -0.2) is 9.97 Å². The molecule has 0 saturated heterocycles. The van der Waals surface area contributed by atoms with Gasteiger partial charge in [0.1, 0.15) is 6.33 Å². The van der Waals surface area contributed by atoms with Crippen LogP contribution in [0, 0.1) is 22.7 Å². The molecule has 1 heterocycles. The summed E-state index contributed by atoms with van der Waals surface area (Å²) < 4.78 is 0. The van der Waals surface area contributed by atoms with Gasteiger partial charge < -0.3 is 10.6 Å². The van der Waals surface area contributed by atoms with E-state index in [0.29, 0.717) is 17.5 Å². The largest absolute Gasteiger partial charge is 0.324 e. The lowest BCUT2D eigenvalue weighted by molar-refractivity contribution is 1.06. The first-order valence-electron chi connectivity index (χ1n) is 8.88. The standard InChI is InChI=1S/C22H15N7/c23-11-1-2-16-5-6-17-7-10-19(12-20(16)17)28-22-26-14-25-21(29-22)27-18-8-3-15(13-24)4-9-18/h1-5,7-10,12,14H,6H2,(H2,25,26,27,28,29)/b2-1+. The van der Waals surface area contributed by atoms with Gasteiger partial charge in [0.05, 0.1) is 17.7 Å². The summed E-state index contributed by atoms with van der Waals surface area (Å²) >= 11 is 0. The minimum Gasteiger partial charge on any atom is -0.324 e. The number of nitriles is 2. The molecule has 0 spiro atoms. The van der Waals surface area contributed by atoms with Gasteiger partial charge in [-0.1, -0.05) is 12.1 Å². The quantitative estimate of drug-likeness (QED) is 0.639. The van der Waals surface area contributed by atoms with E-state index in [2.05, 4.69) is 43.8 Å². The maximum Gasteiger partial charge on any atom is 0.232 e. The molecule has 29 heavy (non-hydrogen) atoms. The molecule has 0 aliphatic heterocycles. The molecule has 1 aliphatic carbocycles. The van der Waals surface area contributed by atoms with Crippen LogP contribution in [0.15, 0.2) is 67.0 Å². The van der Waals surface area contributed by atoms with Crippen LogP contribution in [-0.4, -0.2) is 15.0 Å². The minimum absolute atomic E-state index is 0.394. The Bertz CT molecular complexity index is 1200. The monoisotopic (exact) mass is 377 g/mol. The molecule has 2 aromatic carbocycles. The fourth-order valence-corrected chi connectivity index (χ4v) is 3.02. The predicted octanol–water partition coefficient (Wildman–Crippen LogP) is 4.25. The van der Waals surface area contributed by atoms with Crippen molar-refractivity contribution >= 4 is 28.8 Å². The summed E-state index contributed by atoms with van der Waals surface area (Å²) in [5.41, 5.74) is 5.54. The Hall–Kier alpha value is -4.49. The molecule has 0 amide bonds. The fourth-order valence-electron chi connectivity index (χ4n) is 3.02. The van der Waals surface area contributed by atoms with Gasteiger partial charge in [-0.3, -0.25) is 0 Å².